The summed E-state index contributed by atoms with van der Waals surface area (Å²) in [5.74, 6) is 0.0365. The standard InChI is InChI=1S/C8H11NO2/c1-6-3-4-9-7(5-6)8(10)11-2/h4-6H,3H2,1-2H3. The van der Waals surface area contributed by atoms with E-state index < -0.39 is 0 Å². The first-order valence-electron chi connectivity index (χ1n) is 3.56. The number of rotatable bonds is 1. The number of aliphatic imine (C=N–C) groups is 1. The van der Waals surface area contributed by atoms with Crippen molar-refractivity contribution in [1.29, 1.82) is 0 Å². The number of hydrogen-bond acceptors (Lipinski definition) is 3. The lowest BCUT2D eigenvalue weighted by Crippen LogP contribution is -2.08. The van der Waals surface area contributed by atoms with Crippen LogP contribution in [0.25, 0.3) is 0 Å². The molecule has 0 amide bonds. The summed E-state index contributed by atoms with van der Waals surface area (Å²) in [7, 11) is 1.36. The summed E-state index contributed by atoms with van der Waals surface area (Å²) in [4.78, 5) is 14.8. The molecule has 0 bridgehead atoms. The molecule has 0 spiro atoms. The van der Waals surface area contributed by atoms with E-state index >= 15 is 0 Å². The molecule has 1 unspecified atom stereocenters. The van der Waals surface area contributed by atoms with Crippen LogP contribution >= 0.6 is 0 Å². The molecule has 0 radical (unpaired) electrons. The Kier molecular flexibility index (Phi) is 2.41. The zero-order valence-electron chi connectivity index (χ0n) is 6.70. The fourth-order valence-corrected chi connectivity index (χ4v) is 0.923. The van der Waals surface area contributed by atoms with Crippen molar-refractivity contribution in [2.24, 2.45) is 10.9 Å². The Morgan fingerprint density at radius 1 is 1.82 bits per heavy atom. The van der Waals surface area contributed by atoms with E-state index in [2.05, 4.69) is 9.73 Å². The zero-order chi connectivity index (χ0) is 8.27. The van der Waals surface area contributed by atoms with Crippen molar-refractivity contribution >= 4 is 12.2 Å². The van der Waals surface area contributed by atoms with Gasteiger partial charge in [-0.2, -0.15) is 0 Å². The van der Waals surface area contributed by atoms with Gasteiger partial charge in [0, 0.05) is 6.21 Å². The summed E-state index contributed by atoms with van der Waals surface area (Å²) in [6, 6.07) is 0. The normalized spacial score (nSPS) is 22.7. The summed E-state index contributed by atoms with van der Waals surface area (Å²) in [5, 5.41) is 0. The molecule has 0 aromatic heterocycles. The van der Waals surface area contributed by atoms with Crippen LogP contribution in [-0.4, -0.2) is 19.3 Å². The Hall–Kier alpha value is -1.12. The SMILES string of the molecule is COC(=O)C1=CC(C)CC=N1. The van der Waals surface area contributed by atoms with Gasteiger partial charge >= 0.3 is 5.97 Å². The highest BCUT2D eigenvalue weighted by Crippen LogP contribution is 2.13. The van der Waals surface area contributed by atoms with Crippen molar-refractivity contribution in [3.63, 3.8) is 0 Å². The minimum Gasteiger partial charge on any atom is -0.464 e. The van der Waals surface area contributed by atoms with Gasteiger partial charge < -0.3 is 4.74 Å². The van der Waals surface area contributed by atoms with Gasteiger partial charge in [0.15, 0.2) is 0 Å². The zero-order valence-corrected chi connectivity index (χ0v) is 6.70. The summed E-state index contributed by atoms with van der Waals surface area (Å²) in [5.41, 5.74) is 0.422. The molecule has 0 fully saturated rings. The fourth-order valence-electron chi connectivity index (χ4n) is 0.923. The van der Waals surface area contributed by atoms with Crippen molar-refractivity contribution in [2.45, 2.75) is 13.3 Å². The monoisotopic (exact) mass is 153 g/mol. The third-order valence-corrected chi connectivity index (χ3v) is 1.54. The third kappa shape index (κ3) is 1.90. The van der Waals surface area contributed by atoms with Crippen LogP contribution in [0.1, 0.15) is 13.3 Å². The maximum absolute atomic E-state index is 10.9. The van der Waals surface area contributed by atoms with Gasteiger partial charge in [0.25, 0.3) is 0 Å². The Morgan fingerprint density at radius 2 is 2.55 bits per heavy atom. The van der Waals surface area contributed by atoms with Crippen LogP contribution in [-0.2, 0) is 9.53 Å². The Bertz CT molecular complexity index is 218. The van der Waals surface area contributed by atoms with Crippen molar-refractivity contribution in [1.82, 2.24) is 0 Å². The van der Waals surface area contributed by atoms with Crippen LogP contribution in [0.2, 0.25) is 0 Å². The molecule has 0 aromatic carbocycles. The molecule has 11 heavy (non-hydrogen) atoms. The molecule has 3 nitrogen and oxygen atoms in total. The molecule has 1 aliphatic heterocycles. The average Bonchev–Trinajstić information content (AvgIpc) is 2.03. The molecule has 1 aliphatic rings. The molecule has 0 saturated heterocycles. The molecule has 1 rings (SSSR count). The van der Waals surface area contributed by atoms with E-state index in [0.29, 0.717) is 11.6 Å². The lowest BCUT2D eigenvalue weighted by atomic mass is 10.1. The molecule has 3 heteroatoms. The number of methoxy groups -OCH3 is 1. The van der Waals surface area contributed by atoms with Crippen LogP contribution in [0.5, 0.6) is 0 Å². The van der Waals surface area contributed by atoms with Gasteiger partial charge in [-0.05, 0) is 18.4 Å². The highest BCUT2D eigenvalue weighted by atomic mass is 16.5. The van der Waals surface area contributed by atoms with E-state index in [1.807, 2.05) is 13.0 Å². The van der Waals surface area contributed by atoms with Crippen molar-refractivity contribution < 1.29 is 9.53 Å². The number of allylic oxidation sites excluding steroid dienone is 1. The Labute approximate surface area is 65.8 Å². The second-order valence-corrected chi connectivity index (χ2v) is 2.57. The first-order valence-corrected chi connectivity index (χ1v) is 3.56. The number of ether oxygens (including phenoxy) is 1. The molecule has 0 aliphatic carbocycles. The fraction of sp³-hybridized carbons (Fsp3) is 0.500. The van der Waals surface area contributed by atoms with Gasteiger partial charge in [0.2, 0.25) is 0 Å². The van der Waals surface area contributed by atoms with Gasteiger partial charge in [-0.3, -0.25) is 4.99 Å². The molecule has 60 valence electrons. The average molecular weight is 153 g/mol. The minimum atomic E-state index is -0.354. The van der Waals surface area contributed by atoms with Gasteiger partial charge in [-0.1, -0.05) is 6.92 Å². The Balaban J connectivity index is 2.71. The number of esters is 1. The predicted octanol–water partition coefficient (Wildman–Crippen LogP) is 1.15. The lowest BCUT2D eigenvalue weighted by molar-refractivity contribution is -0.136. The van der Waals surface area contributed by atoms with E-state index in [4.69, 9.17) is 0 Å². The first kappa shape index (κ1) is 7.98. The maximum Gasteiger partial charge on any atom is 0.356 e. The van der Waals surface area contributed by atoms with Crippen LogP contribution in [0.4, 0.5) is 0 Å². The molecule has 0 aromatic rings. The first-order chi connectivity index (χ1) is 5.24. The third-order valence-electron chi connectivity index (χ3n) is 1.54. The number of carbonyl (C=O) groups excluding carboxylic acids is 1. The highest BCUT2D eigenvalue weighted by Gasteiger charge is 2.12. The maximum atomic E-state index is 10.9. The van der Waals surface area contributed by atoms with E-state index in [1.165, 1.54) is 7.11 Å². The molecule has 0 saturated carbocycles. The lowest BCUT2D eigenvalue weighted by Gasteiger charge is -2.08. The molecule has 1 heterocycles. The van der Waals surface area contributed by atoms with Crippen molar-refractivity contribution in [3.05, 3.63) is 11.8 Å². The minimum absolute atomic E-state index is 0.354. The van der Waals surface area contributed by atoms with Crippen molar-refractivity contribution in [2.75, 3.05) is 7.11 Å². The van der Waals surface area contributed by atoms with E-state index in [0.717, 1.165) is 6.42 Å². The van der Waals surface area contributed by atoms with Crippen LogP contribution in [0, 0.1) is 5.92 Å². The topological polar surface area (TPSA) is 38.7 Å². The van der Waals surface area contributed by atoms with Crippen LogP contribution in [0.15, 0.2) is 16.8 Å². The molecular weight excluding hydrogens is 142 g/mol. The summed E-state index contributed by atoms with van der Waals surface area (Å²) in [6.45, 7) is 2.04. The quantitative estimate of drug-likeness (QED) is 0.530. The van der Waals surface area contributed by atoms with E-state index in [9.17, 15) is 4.79 Å². The van der Waals surface area contributed by atoms with Crippen LogP contribution in [0.3, 0.4) is 0 Å². The number of carbonyl (C=O) groups is 1. The summed E-state index contributed by atoms with van der Waals surface area (Å²) < 4.78 is 4.52. The predicted molar refractivity (Wildman–Crippen MR) is 42.4 cm³/mol. The van der Waals surface area contributed by atoms with Gasteiger partial charge in [0.1, 0.15) is 5.70 Å². The smallest absolute Gasteiger partial charge is 0.356 e. The van der Waals surface area contributed by atoms with Gasteiger partial charge in [0.05, 0.1) is 7.11 Å². The molecular formula is C8H11NO2. The number of nitrogens with zero attached hydrogens (tertiary/aromatic N) is 1. The molecule has 1 atom stereocenters. The van der Waals surface area contributed by atoms with Crippen LogP contribution < -0.4 is 0 Å². The second-order valence-electron chi connectivity index (χ2n) is 2.57. The Morgan fingerprint density at radius 3 is 3.09 bits per heavy atom. The summed E-state index contributed by atoms with van der Waals surface area (Å²) in [6.07, 6.45) is 4.48. The van der Waals surface area contributed by atoms with Crippen molar-refractivity contribution in [3.8, 4) is 0 Å². The molecule has 0 N–H and O–H groups in total. The number of hydrogen-bond donors (Lipinski definition) is 0. The summed E-state index contributed by atoms with van der Waals surface area (Å²) >= 11 is 0. The second kappa shape index (κ2) is 3.32. The van der Waals surface area contributed by atoms with E-state index in [-0.39, 0.29) is 5.97 Å². The van der Waals surface area contributed by atoms with Gasteiger partial charge in [-0.25, -0.2) is 4.79 Å². The highest BCUT2D eigenvalue weighted by molar-refractivity contribution is 5.90. The van der Waals surface area contributed by atoms with E-state index in [1.54, 1.807) is 6.21 Å². The largest absolute Gasteiger partial charge is 0.464 e. The van der Waals surface area contributed by atoms with Gasteiger partial charge in [-0.15, -0.1) is 0 Å².